The predicted molar refractivity (Wildman–Crippen MR) is 120 cm³/mol. The van der Waals surface area contributed by atoms with Gasteiger partial charge in [-0.3, -0.25) is 9.59 Å². The molecule has 0 unspecified atom stereocenters. The zero-order valence-corrected chi connectivity index (χ0v) is 19.0. The molecule has 2 aromatic rings. The molecule has 2 fully saturated rings. The standard InChI is InChI=1S/C23H25Cl2N3O3/c1-2-31-17-5-3-16(4-6-17)21(29)27-12-9-23(10-13-27)11-14-28(15-23)22(30)18-7-8-19(24)26-20(18)25/h3-8H,2,9-15H2,1H3. The molecular formula is C23H25Cl2N3O3. The maximum Gasteiger partial charge on any atom is 0.257 e. The summed E-state index contributed by atoms with van der Waals surface area (Å²) >= 11 is 12.0. The van der Waals surface area contributed by atoms with Crippen LogP contribution < -0.4 is 4.74 Å². The molecule has 8 heteroatoms. The van der Waals surface area contributed by atoms with Crippen LogP contribution in [-0.2, 0) is 0 Å². The summed E-state index contributed by atoms with van der Waals surface area (Å²) in [5, 5.41) is 0.401. The molecule has 6 nitrogen and oxygen atoms in total. The van der Waals surface area contributed by atoms with Crippen LogP contribution in [0.4, 0.5) is 0 Å². The number of ether oxygens (including phenoxy) is 1. The van der Waals surface area contributed by atoms with Crippen LogP contribution in [0.15, 0.2) is 36.4 Å². The summed E-state index contributed by atoms with van der Waals surface area (Å²) in [5.41, 5.74) is 1.11. The molecule has 0 saturated carbocycles. The first kappa shape index (κ1) is 21.9. The summed E-state index contributed by atoms with van der Waals surface area (Å²) in [6.07, 6.45) is 2.70. The lowest BCUT2D eigenvalue weighted by Crippen LogP contribution is -2.44. The fourth-order valence-electron chi connectivity index (χ4n) is 4.49. The number of amides is 2. The molecule has 31 heavy (non-hydrogen) atoms. The first-order chi connectivity index (χ1) is 14.9. The first-order valence-electron chi connectivity index (χ1n) is 10.5. The monoisotopic (exact) mass is 461 g/mol. The second kappa shape index (κ2) is 9.05. The van der Waals surface area contributed by atoms with Gasteiger partial charge in [-0.05, 0) is 68.0 Å². The Balaban J connectivity index is 1.36. The molecular weight excluding hydrogens is 437 g/mol. The zero-order chi connectivity index (χ0) is 22.0. The number of aromatic nitrogens is 1. The Morgan fingerprint density at radius 2 is 1.61 bits per heavy atom. The van der Waals surface area contributed by atoms with Crippen LogP contribution in [0.3, 0.4) is 0 Å². The van der Waals surface area contributed by atoms with Gasteiger partial charge in [-0.1, -0.05) is 23.2 Å². The van der Waals surface area contributed by atoms with Crippen molar-refractivity contribution in [3.05, 3.63) is 57.8 Å². The molecule has 4 rings (SSSR count). The van der Waals surface area contributed by atoms with E-state index >= 15 is 0 Å². The Morgan fingerprint density at radius 3 is 2.23 bits per heavy atom. The van der Waals surface area contributed by atoms with Crippen LogP contribution in [0.1, 0.15) is 46.9 Å². The lowest BCUT2D eigenvalue weighted by molar-refractivity contribution is 0.0565. The third-order valence-electron chi connectivity index (χ3n) is 6.29. The van der Waals surface area contributed by atoms with Crippen LogP contribution in [-0.4, -0.2) is 59.4 Å². The molecule has 2 aliphatic rings. The van der Waals surface area contributed by atoms with Crippen molar-refractivity contribution in [2.24, 2.45) is 5.41 Å². The number of benzene rings is 1. The third-order valence-corrected chi connectivity index (χ3v) is 6.79. The lowest BCUT2D eigenvalue weighted by Gasteiger charge is -2.39. The average molecular weight is 462 g/mol. The highest BCUT2D eigenvalue weighted by Crippen LogP contribution is 2.41. The van der Waals surface area contributed by atoms with Crippen molar-refractivity contribution < 1.29 is 14.3 Å². The van der Waals surface area contributed by atoms with E-state index in [1.165, 1.54) is 0 Å². The van der Waals surface area contributed by atoms with E-state index in [9.17, 15) is 9.59 Å². The van der Waals surface area contributed by atoms with Gasteiger partial charge in [0.25, 0.3) is 11.8 Å². The number of carbonyl (C=O) groups is 2. The Hall–Kier alpha value is -2.31. The van der Waals surface area contributed by atoms with Crippen LogP contribution >= 0.6 is 23.2 Å². The van der Waals surface area contributed by atoms with E-state index in [0.29, 0.717) is 43.9 Å². The molecule has 0 aliphatic carbocycles. The maximum absolute atomic E-state index is 12.9. The summed E-state index contributed by atoms with van der Waals surface area (Å²) in [5.74, 6) is 0.699. The second-order valence-electron chi connectivity index (χ2n) is 8.20. The molecule has 0 N–H and O–H groups in total. The number of hydrogen-bond acceptors (Lipinski definition) is 4. The van der Waals surface area contributed by atoms with Gasteiger partial charge in [0.2, 0.25) is 0 Å². The van der Waals surface area contributed by atoms with E-state index in [1.807, 2.05) is 41.0 Å². The Kier molecular flexibility index (Phi) is 6.39. The van der Waals surface area contributed by atoms with Crippen molar-refractivity contribution in [3.63, 3.8) is 0 Å². The minimum Gasteiger partial charge on any atom is -0.494 e. The van der Waals surface area contributed by atoms with Gasteiger partial charge in [0.05, 0.1) is 12.2 Å². The van der Waals surface area contributed by atoms with Crippen LogP contribution in [0.2, 0.25) is 10.3 Å². The number of rotatable bonds is 4. The molecule has 164 valence electrons. The molecule has 2 amide bonds. The fraction of sp³-hybridized carbons (Fsp3) is 0.435. The van der Waals surface area contributed by atoms with Gasteiger partial charge in [-0.2, -0.15) is 0 Å². The average Bonchev–Trinajstić information content (AvgIpc) is 3.18. The number of carbonyl (C=O) groups excluding carboxylic acids is 2. The summed E-state index contributed by atoms with van der Waals surface area (Å²) in [7, 11) is 0. The van der Waals surface area contributed by atoms with Crippen LogP contribution in [0.25, 0.3) is 0 Å². The van der Waals surface area contributed by atoms with Crippen molar-refractivity contribution >= 4 is 35.0 Å². The third kappa shape index (κ3) is 4.65. The highest BCUT2D eigenvalue weighted by atomic mass is 35.5. The van der Waals surface area contributed by atoms with Crippen molar-refractivity contribution in [3.8, 4) is 5.75 Å². The number of hydrogen-bond donors (Lipinski definition) is 0. The summed E-state index contributed by atoms with van der Waals surface area (Å²) in [6, 6.07) is 10.5. The first-order valence-corrected chi connectivity index (χ1v) is 11.3. The normalized spacial score (nSPS) is 17.8. The number of halogens is 2. The van der Waals surface area contributed by atoms with Crippen molar-refractivity contribution in [1.29, 1.82) is 0 Å². The van der Waals surface area contributed by atoms with Gasteiger partial charge < -0.3 is 14.5 Å². The quantitative estimate of drug-likeness (QED) is 0.626. The van der Waals surface area contributed by atoms with E-state index in [-0.39, 0.29) is 27.5 Å². The molecule has 0 bridgehead atoms. The van der Waals surface area contributed by atoms with E-state index < -0.39 is 0 Å². The summed E-state index contributed by atoms with van der Waals surface area (Å²) < 4.78 is 5.45. The molecule has 2 saturated heterocycles. The summed E-state index contributed by atoms with van der Waals surface area (Å²) in [4.78, 5) is 33.5. The minimum absolute atomic E-state index is 0.0443. The molecule has 3 heterocycles. The van der Waals surface area contributed by atoms with E-state index in [4.69, 9.17) is 27.9 Å². The highest BCUT2D eigenvalue weighted by molar-refractivity contribution is 6.34. The molecule has 0 radical (unpaired) electrons. The van der Waals surface area contributed by atoms with Gasteiger partial charge >= 0.3 is 0 Å². The maximum atomic E-state index is 12.9. The molecule has 0 atom stereocenters. The predicted octanol–water partition coefficient (Wildman–Crippen LogP) is 4.56. The minimum atomic E-state index is -0.112. The SMILES string of the molecule is CCOc1ccc(C(=O)N2CCC3(CC2)CCN(C(=O)c2ccc(Cl)nc2Cl)C3)cc1. The van der Waals surface area contributed by atoms with Crippen LogP contribution in [0.5, 0.6) is 5.75 Å². The Bertz CT molecular complexity index is 973. The lowest BCUT2D eigenvalue weighted by atomic mass is 9.77. The number of pyridine rings is 1. The Morgan fingerprint density at radius 1 is 0.968 bits per heavy atom. The van der Waals surface area contributed by atoms with Gasteiger partial charge in [-0.25, -0.2) is 4.98 Å². The van der Waals surface area contributed by atoms with Gasteiger partial charge in [0.15, 0.2) is 0 Å². The van der Waals surface area contributed by atoms with Gasteiger partial charge in [0, 0.05) is 31.7 Å². The largest absolute Gasteiger partial charge is 0.494 e. The van der Waals surface area contributed by atoms with Crippen molar-refractivity contribution in [2.45, 2.75) is 26.2 Å². The summed E-state index contributed by atoms with van der Waals surface area (Å²) in [6.45, 7) is 5.28. The molecule has 2 aliphatic heterocycles. The van der Waals surface area contributed by atoms with E-state index in [1.54, 1.807) is 12.1 Å². The van der Waals surface area contributed by atoms with E-state index in [2.05, 4.69) is 4.98 Å². The highest BCUT2D eigenvalue weighted by Gasteiger charge is 2.43. The topological polar surface area (TPSA) is 62.7 Å². The molecule has 1 aromatic carbocycles. The fourth-order valence-corrected chi connectivity index (χ4v) is 4.91. The van der Waals surface area contributed by atoms with Crippen molar-refractivity contribution in [1.82, 2.24) is 14.8 Å². The smallest absolute Gasteiger partial charge is 0.257 e. The Labute approximate surface area is 192 Å². The van der Waals surface area contributed by atoms with Gasteiger partial charge in [-0.15, -0.1) is 0 Å². The number of nitrogens with zero attached hydrogens (tertiary/aromatic N) is 3. The number of piperidine rings is 1. The van der Waals surface area contributed by atoms with Crippen LogP contribution in [0, 0.1) is 5.41 Å². The molecule has 1 aromatic heterocycles. The van der Waals surface area contributed by atoms with E-state index in [0.717, 1.165) is 25.0 Å². The zero-order valence-electron chi connectivity index (χ0n) is 17.4. The number of likely N-dealkylation sites (tertiary alicyclic amines) is 2. The molecule has 1 spiro atoms. The second-order valence-corrected chi connectivity index (χ2v) is 8.94. The van der Waals surface area contributed by atoms with Gasteiger partial charge in [0.1, 0.15) is 16.1 Å². The van der Waals surface area contributed by atoms with Crippen molar-refractivity contribution in [2.75, 3.05) is 32.8 Å².